The molecule has 0 saturated carbocycles. The number of nitrogens with two attached hydrogens (primary N) is 1. The van der Waals surface area contributed by atoms with Crippen LogP contribution < -0.4 is 10.5 Å². The fourth-order valence-corrected chi connectivity index (χ4v) is 2.37. The van der Waals surface area contributed by atoms with Gasteiger partial charge >= 0.3 is 0 Å². The van der Waals surface area contributed by atoms with Crippen LogP contribution in [0.5, 0.6) is 5.75 Å². The standard InChI is InChI=1S/C18H25NO2/c1-12-6-7-17(16(8-12)18(3,4)5)20-11-15-9-14(10-19)13(2)21-15/h6-9H,10-11,19H2,1-5H3. The zero-order valence-corrected chi connectivity index (χ0v) is 13.6. The van der Waals surface area contributed by atoms with E-state index < -0.39 is 0 Å². The first-order valence-corrected chi connectivity index (χ1v) is 7.33. The van der Waals surface area contributed by atoms with Crippen molar-refractivity contribution in [3.63, 3.8) is 0 Å². The van der Waals surface area contributed by atoms with Crippen LogP contribution in [0.1, 0.15) is 49.0 Å². The fourth-order valence-electron chi connectivity index (χ4n) is 2.37. The molecular formula is C18H25NO2. The van der Waals surface area contributed by atoms with Gasteiger partial charge in [-0.15, -0.1) is 0 Å². The van der Waals surface area contributed by atoms with E-state index >= 15 is 0 Å². The van der Waals surface area contributed by atoms with Gasteiger partial charge in [-0.2, -0.15) is 0 Å². The number of furan rings is 1. The molecule has 0 aliphatic carbocycles. The quantitative estimate of drug-likeness (QED) is 0.915. The predicted octanol–water partition coefficient (Wildman–Crippen LogP) is 4.23. The Morgan fingerprint density at radius 2 is 1.86 bits per heavy atom. The molecule has 0 aliphatic heterocycles. The molecule has 1 aromatic carbocycles. The van der Waals surface area contributed by atoms with Gasteiger partial charge in [-0.05, 0) is 37.0 Å². The van der Waals surface area contributed by atoms with Crippen LogP contribution in [0.3, 0.4) is 0 Å². The van der Waals surface area contributed by atoms with Gasteiger partial charge in [0.1, 0.15) is 23.9 Å². The first-order valence-electron chi connectivity index (χ1n) is 7.33. The molecule has 0 atom stereocenters. The van der Waals surface area contributed by atoms with Gasteiger partial charge in [0, 0.05) is 12.1 Å². The average molecular weight is 287 g/mol. The highest BCUT2D eigenvalue weighted by atomic mass is 16.5. The number of ether oxygens (including phenoxy) is 1. The fraction of sp³-hybridized carbons (Fsp3) is 0.444. The minimum Gasteiger partial charge on any atom is -0.485 e. The Morgan fingerprint density at radius 1 is 1.14 bits per heavy atom. The van der Waals surface area contributed by atoms with Crippen molar-refractivity contribution in [2.45, 2.75) is 53.2 Å². The van der Waals surface area contributed by atoms with Crippen LogP contribution in [0.2, 0.25) is 0 Å². The van der Waals surface area contributed by atoms with E-state index in [0.29, 0.717) is 13.2 Å². The molecule has 0 unspecified atom stereocenters. The molecule has 0 spiro atoms. The molecule has 0 fully saturated rings. The largest absolute Gasteiger partial charge is 0.485 e. The molecular weight excluding hydrogens is 262 g/mol. The van der Waals surface area contributed by atoms with Crippen molar-refractivity contribution in [2.24, 2.45) is 5.73 Å². The molecule has 2 rings (SSSR count). The second-order valence-corrected chi connectivity index (χ2v) is 6.54. The third-order valence-corrected chi connectivity index (χ3v) is 3.60. The van der Waals surface area contributed by atoms with Crippen LogP contribution in [-0.4, -0.2) is 0 Å². The lowest BCUT2D eigenvalue weighted by Gasteiger charge is -2.23. The lowest BCUT2D eigenvalue weighted by Crippen LogP contribution is -2.13. The van der Waals surface area contributed by atoms with Crippen molar-refractivity contribution in [3.8, 4) is 5.75 Å². The van der Waals surface area contributed by atoms with E-state index in [1.165, 1.54) is 11.1 Å². The van der Waals surface area contributed by atoms with Gasteiger partial charge in [-0.25, -0.2) is 0 Å². The second kappa shape index (κ2) is 5.94. The summed E-state index contributed by atoms with van der Waals surface area (Å²) in [4.78, 5) is 0. The third-order valence-electron chi connectivity index (χ3n) is 3.60. The van der Waals surface area contributed by atoms with E-state index in [9.17, 15) is 0 Å². The van der Waals surface area contributed by atoms with Crippen LogP contribution in [0, 0.1) is 13.8 Å². The molecule has 0 radical (unpaired) electrons. The Balaban J connectivity index is 2.19. The summed E-state index contributed by atoms with van der Waals surface area (Å²) in [6.07, 6.45) is 0. The Hall–Kier alpha value is -1.74. The van der Waals surface area contributed by atoms with E-state index in [4.69, 9.17) is 14.9 Å². The summed E-state index contributed by atoms with van der Waals surface area (Å²) in [5, 5.41) is 0. The van der Waals surface area contributed by atoms with Gasteiger partial charge in [0.2, 0.25) is 0 Å². The predicted molar refractivity (Wildman–Crippen MR) is 85.5 cm³/mol. The summed E-state index contributed by atoms with van der Waals surface area (Å²) in [5.41, 5.74) is 9.20. The molecule has 2 aromatic rings. The molecule has 1 heterocycles. The molecule has 0 bridgehead atoms. The van der Waals surface area contributed by atoms with Gasteiger partial charge in [-0.3, -0.25) is 0 Å². The highest BCUT2D eigenvalue weighted by Gasteiger charge is 2.19. The van der Waals surface area contributed by atoms with E-state index in [-0.39, 0.29) is 5.41 Å². The molecule has 0 aliphatic rings. The van der Waals surface area contributed by atoms with Gasteiger partial charge < -0.3 is 14.9 Å². The summed E-state index contributed by atoms with van der Waals surface area (Å²) >= 11 is 0. The molecule has 21 heavy (non-hydrogen) atoms. The SMILES string of the molecule is Cc1ccc(OCc2cc(CN)c(C)o2)c(C(C)(C)C)c1. The molecule has 1 aromatic heterocycles. The number of aryl methyl sites for hydroxylation is 2. The number of rotatable bonds is 4. The zero-order chi connectivity index (χ0) is 15.6. The molecule has 3 heteroatoms. The van der Waals surface area contributed by atoms with E-state index in [0.717, 1.165) is 22.8 Å². The topological polar surface area (TPSA) is 48.4 Å². The number of hydrogen-bond acceptors (Lipinski definition) is 3. The Labute approximate surface area is 127 Å². The van der Waals surface area contributed by atoms with Crippen LogP contribution in [0.4, 0.5) is 0 Å². The zero-order valence-electron chi connectivity index (χ0n) is 13.6. The van der Waals surface area contributed by atoms with Gasteiger partial charge in [0.25, 0.3) is 0 Å². The van der Waals surface area contributed by atoms with Gasteiger partial charge in [0.05, 0.1) is 0 Å². The smallest absolute Gasteiger partial charge is 0.146 e. The lowest BCUT2D eigenvalue weighted by atomic mass is 9.85. The maximum atomic E-state index is 5.98. The van der Waals surface area contributed by atoms with E-state index in [1.54, 1.807) is 0 Å². The maximum absolute atomic E-state index is 5.98. The molecule has 114 valence electrons. The van der Waals surface area contributed by atoms with Crippen LogP contribution in [0.25, 0.3) is 0 Å². The third kappa shape index (κ3) is 3.67. The van der Waals surface area contributed by atoms with Crippen molar-refractivity contribution in [3.05, 3.63) is 52.5 Å². The summed E-state index contributed by atoms with van der Waals surface area (Å²) in [6.45, 7) is 11.5. The minimum atomic E-state index is 0.0445. The van der Waals surface area contributed by atoms with Crippen molar-refractivity contribution in [1.82, 2.24) is 0 Å². The Morgan fingerprint density at radius 3 is 2.43 bits per heavy atom. The highest BCUT2D eigenvalue weighted by molar-refractivity contribution is 5.41. The number of hydrogen-bond donors (Lipinski definition) is 1. The van der Waals surface area contributed by atoms with Gasteiger partial charge in [0.15, 0.2) is 0 Å². The summed E-state index contributed by atoms with van der Waals surface area (Å²) < 4.78 is 11.7. The Bertz CT molecular complexity index is 621. The summed E-state index contributed by atoms with van der Waals surface area (Å²) in [7, 11) is 0. The molecule has 0 saturated heterocycles. The monoisotopic (exact) mass is 287 g/mol. The van der Waals surface area contributed by atoms with Crippen molar-refractivity contribution in [1.29, 1.82) is 0 Å². The van der Waals surface area contributed by atoms with Crippen molar-refractivity contribution < 1.29 is 9.15 Å². The molecule has 3 nitrogen and oxygen atoms in total. The maximum Gasteiger partial charge on any atom is 0.146 e. The first kappa shape index (κ1) is 15.6. The van der Waals surface area contributed by atoms with Crippen LogP contribution >= 0.6 is 0 Å². The van der Waals surface area contributed by atoms with Gasteiger partial charge in [-0.1, -0.05) is 38.5 Å². The highest BCUT2D eigenvalue weighted by Crippen LogP contribution is 2.32. The average Bonchev–Trinajstić information content (AvgIpc) is 2.76. The normalized spacial score (nSPS) is 11.7. The Kier molecular flexibility index (Phi) is 4.43. The van der Waals surface area contributed by atoms with Crippen molar-refractivity contribution in [2.75, 3.05) is 0 Å². The lowest BCUT2D eigenvalue weighted by molar-refractivity contribution is 0.261. The van der Waals surface area contributed by atoms with Crippen LogP contribution in [-0.2, 0) is 18.6 Å². The van der Waals surface area contributed by atoms with Crippen LogP contribution in [0.15, 0.2) is 28.7 Å². The van der Waals surface area contributed by atoms with Crippen molar-refractivity contribution >= 4 is 0 Å². The number of benzene rings is 1. The first-order chi connectivity index (χ1) is 9.81. The van der Waals surface area contributed by atoms with E-state index in [1.807, 2.05) is 19.1 Å². The molecule has 0 amide bonds. The summed E-state index contributed by atoms with van der Waals surface area (Å²) in [5.74, 6) is 2.60. The molecule has 2 N–H and O–H groups in total. The van der Waals surface area contributed by atoms with E-state index in [2.05, 4.69) is 39.8 Å². The second-order valence-electron chi connectivity index (χ2n) is 6.54. The minimum absolute atomic E-state index is 0.0445. The summed E-state index contributed by atoms with van der Waals surface area (Å²) in [6, 6.07) is 8.27.